The Morgan fingerprint density at radius 2 is 0.539 bits per heavy atom. The van der Waals surface area contributed by atoms with Crippen molar-refractivity contribution in [3.8, 4) is 5.75 Å². The van der Waals surface area contributed by atoms with E-state index in [9.17, 15) is 52.3 Å². The number of amides is 4. The molecule has 0 unspecified atom stereocenters. The molecular weight excluding hydrogens is 1630 g/mol. The predicted octanol–water partition coefficient (Wildman–Crippen LogP) is 20.4. The van der Waals surface area contributed by atoms with Gasteiger partial charge in [-0.25, -0.2) is 0 Å². The van der Waals surface area contributed by atoms with Crippen molar-refractivity contribution >= 4 is 58.3 Å². The Morgan fingerprint density at radius 1 is 0.305 bits per heavy atom. The van der Waals surface area contributed by atoms with Gasteiger partial charge in [-0.3, -0.25) is 52.3 Å². The Hall–Kier alpha value is -9.41. The molecule has 17 nitrogen and oxygen atoms in total. The number of rotatable bonds is 51. The number of carbonyl (C=O) groups excluding carboxylic acids is 10. The lowest BCUT2D eigenvalue weighted by molar-refractivity contribution is -0.135. The van der Waals surface area contributed by atoms with Crippen LogP contribution in [0.3, 0.4) is 0 Å². The average molecular weight is 1780 g/mol. The molecule has 0 aromatic heterocycles. The van der Waals surface area contributed by atoms with Gasteiger partial charge in [-0.05, 0) is 191 Å². The second-order valence-electron chi connectivity index (χ2n) is 39.0. The van der Waals surface area contributed by atoms with Gasteiger partial charge in [0.05, 0.1) is 50.5 Å². The molecule has 10 atom stereocenters. The van der Waals surface area contributed by atoms with Gasteiger partial charge in [0.15, 0.2) is 34.7 Å². The number of methoxy groups -OCH3 is 1. The number of halogens is 5. The van der Waals surface area contributed by atoms with Crippen molar-refractivity contribution in [2.24, 2.45) is 69.5 Å². The molecule has 6 aromatic carbocycles. The second-order valence-corrected chi connectivity index (χ2v) is 39.0. The lowest BCUT2D eigenvalue weighted by Gasteiger charge is -2.27. The lowest BCUT2D eigenvalue weighted by Crippen LogP contribution is -2.49. The quantitative estimate of drug-likeness (QED) is 0.0195. The Bertz CT molecular complexity index is 4280. The first-order valence-electron chi connectivity index (χ1n) is 46.3. The summed E-state index contributed by atoms with van der Waals surface area (Å²) in [5.41, 5.74) is 5.24. The third kappa shape index (κ3) is 40.3. The summed E-state index contributed by atoms with van der Waals surface area (Å²) in [6, 6.07) is 54.3. The minimum atomic E-state index is -0.677. The van der Waals surface area contributed by atoms with E-state index in [1.54, 1.807) is 7.11 Å². The highest BCUT2D eigenvalue weighted by molar-refractivity contribution is 5.99. The molecular formula is C106H151F5N6O11. The molecule has 3 fully saturated rings. The maximum atomic E-state index is 14.0. The van der Waals surface area contributed by atoms with Gasteiger partial charge >= 0.3 is 0 Å². The number of benzene rings is 6. The number of ether oxygens (including phenoxy) is 1. The molecule has 0 spiro atoms. The Kier molecular flexibility index (Phi) is 49.3. The van der Waals surface area contributed by atoms with Crippen LogP contribution in [0.2, 0.25) is 0 Å². The molecule has 6 N–H and O–H groups in total. The van der Waals surface area contributed by atoms with Crippen LogP contribution in [0.4, 0.5) is 22.7 Å². The normalized spacial score (nSPS) is 15.9. The fourth-order valence-electron chi connectivity index (χ4n) is 16.3. The number of alkyl halides is 1. The SMILES string of the molecule is CC(C)C[C@@H](CCc1ccccc1)C(=O)N[C@@H](CC(C)C)C(=O)C[C@@H](Cc1ccccc1)C(=O)N[C@@H](CC(C)C)C(=O)C1(C)CC1.CC(C)C[C@H](NC(=O)[C@@H](CC(=O)[C@H](Cc1ccccc1)NC(C)C)Cc1ccccc1)C(=O)C1(C)CC1.CF.COc1ccc(C[C@H](NC(C)C)C(=O)C[C@@H](Cc2ccccc2)C(=O)N[C@@H](CC(C)C)C(=O)C2(C)CC2)cc1.FF.FF. The number of carbonyl (C=O) groups is 10. The number of aryl methyl sites for hydroxylation is 1. The van der Waals surface area contributed by atoms with Crippen LogP contribution in [-0.2, 0) is 86.5 Å². The van der Waals surface area contributed by atoms with Crippen LogP contribution in [0, 0.1) is 69.5 Å². The third-order valence-electron chi connectivity index (χ3n) is 24.1. The molecule has 0 aliphatic heterocycles. The summed E-state index contributed by atoms with van der Waals surface area (Å²) in [6.45, 7) is 34.7. The topological polar surface area (TPSA) is 252 Å². The van der Waals surface area contributed by atoms with E-state index in [2.05, 4.69) is 99.4 Å². The first-order chi connectivity index (χ1) is 60.8. The summed E-state index contributed by atoms with van der Waals surface area (Å²) in [5, 5.41) is 19.2. The molecule has 3 saturated carbocycles. The molecule has 4 amide bonds. The second kappa shape index (κ2) is 56.9. The van der Waals surface area contributed by atoms with E-state index < -0.39 is 48.0 Å². The van der Waals surface area contributed by atoms with Gasteiger partial charge in [0.1, 0.15) is 5.75 Å². The Labute approximate surface area is 761 Å². The maximum Gasteiger partial charge on any atom is 0.224 e. The number of nitrogens with one attached hydrogen (secondary N) is 6. The van der Waals surface area contributed by atoms with Crippen LogP contribution < -0.4 is 36.6 Å². The molecule has 0 saturated heterocycles. The summed E-state index contributed by atoms with van der Waals surface area (Å²) in [5.74, 6) is -0.480. The first kappa shape index (κ1) is 111. The van der Waals surface area contributed by atoms with Gasteiger partial charge in [0, 0.05) is 89.6 Å². The van der Waals surface area contributed by atoms with Crippen molar-refractivity contribution in [1.29, 1.82) is 0 Å². The Balaban J connectivity index is 0.000000393. The highest BCUT2D eigenvalue weighted by Crippen LogP contribution is 2.49. The number of Topliss-reactive ketones (excluding diaryl/α,β-unsaturated/α-hetero) is 6. The van der Waals surface area contributed by atoms with Crippen LogP contribution in [0.5, 0.6) is 5.75 Å². The van der Waals surface area contributed by atoms with E-state index in [4.69, 9.17) is 23.0 Å². The van der Waals surface area contributed by atoms with Crippen LogP contribution in [-0.4, -0.2) is 121 Å². The van der Waals surface area contributed by atoms with E-state index in [0.717, 1.165) is 84.9 Å². The van der Waals surface area contributed by atoms with Gasteiger partial charge in [-0.2, -0.15) is 0 Å². The van der Waals surface area contributed by atoms with Crippen LogP contribution in [0.1, 0.15) is 247 Å². The molecule has 9 rings (SSSR count). The lowest BCUT2D eigenvalue weighted by atomic mass is 9.86. The van der Waals surface area contributed by atoms with E-state index in [1.165, 1.54) is 5.56 Å². The zero-order chi connectivity index (χ0) is 95.4. The molecule has 0 heterocycles. The highest BCUT2D eigenvalue weighted by atomic mass is 20.0. The van der Waals surface area contributed by atoms with Crippen molar-refractivity contribution in [3.05, 3.63) is 209 Å². The van der Waals surface area contributed by atoms with Crippen LogP contribution >= 0.6 is 0 Å². The van der Waals surface area contributed by atoms with Crippen LogP contribution in [0.15, 0.2) is 176 Å². The van der Waals surface area contributed by atoms with Gasteiger partial charge in [0.25, 0.3) is 0 Å². The van der Waals surface area contributed by atoms with Crippen molar-refractivity contribution in [2.75, 3.05) is 14.3 Å². The van der Waals surface area contributed by atoms with Crippen molar-refractivity contribution in [2.45, 2.75) is 301 Å². The first-order valence-corrected chi connectivity index (χ1v) is 46.3. The van der Waals surface area contributed by atoms with Crippen LogP contribution in [0.25, 0.3) is 0 Å². The van der Waals surface area contributed by atoms with Gasteiger partial charge in [0.2, 0.25) is 23.6 Å². The van der Waals surface area contributed by atoms with Gasteiger partial charge < -0.3 is 36.6 Å². The molecule has 3 aliphatic rings. The van der Waals surface area contributed by atoms with E-state index in [1.807, 2.05) is 226 Å². The maximum absolute atomic E-state index is 14.0. The monoisotopic (exact) mass is 1780 g/mol. The van der Waals surface area contributed by atoms with E-state index in [-0.39, 0.29) is 142 Å². The molecule has 0 radical (unpaired) electrons. The zero-order valence-electron chi connectivity index (χ0n) is 79.8. The highest BCUT2D eigenvalue weighted by Gasteiger charge is 2.51. The summed E-state index contributed by atoms with van der Waals surface area (Å²) < 4.78 is 46.8. The average Bonchev–Trinajstić information content (AvgIpc) is 1.64. The van der Waals surface area contributed by atoms with Gasteiger partial charge in [-0.1, -0.05) is 281 Å². The number of ketones is 6. The smallest absolute Gasteiger partial charge is 0.224 e. The van der Waals surface area contributed by atoms with Gasteiger partial charge in [-0.15, -0.1) is 0 Å². The fourth-order valence-corrected chi connectivity index (χ4v) is 16.3. The summed E-state index contributed by atoms with van der Waals surface area (Å²) >= 11 is 0. The Morgan fingerprint density at radius 3 is 0.797 bits per heavy atom. The number of hydrogen-bond donors (Lipinski definition) is 6. The van der Waals surface area contributed by atoms with Crippen molar-refractivity contribution in [1.82, 2.24) is 31.9 Å². The third-order valence-corrected chi connectivity index (χ3v) is 24.1. The summed E-state index contributed by atoms with van der Waals surface area (Å²) in [6.07, 6.45) is 12.3. The molecule has 22 heteroatoms. The molecule has 3 aliphatic carbocycles. The van der Waals surface area contributed by atoms with Crippen molar-refractivity contribution < 1.29 is 75.4 Å². The predicted molar refractivity (Wildman–Crippen MR) is 503 cm³/mol. The minimum Gasteiger partial charge on any atom is -0.497 e. The fraction of sp³-hybridized carbons (Fsp3) is 0.566. The zero-order valence-corrected chi connectivity index (χ0v) is 79.8. The molecule has 706 valence electrons. The molecule has 6 aromatic rings. The standard InChI is InChI=1S/C40H58N2O4.C33H46N2O4.C32H44N2O3.CH3F.2F2/c1-27(2)22-32(19-18-30-14-10-8-11-15-30)38(45)41-34(23-28(3)4)36(43)26-33(25-31-16-12-9-13-17-31)39(46)42-35(24-29(5)6)37(44)40(7)20-21-40;1-22(2)18-29(31(37)33(5)16-17-33)35-32(38)26(19-24-10-8-7-9-11-24)21-30(36)28(34-23(3)4)20-25-12-14-27(39-6)15-13-25;1-22(2)18-28(30(36)32(5)16-17-32)34-31(37)26(19-24-12-8-6-9-13-24)21-29(35)27(33-23(3)4)20-25-14-10-7-11-15-25;3*1-2/h8-17,27-29,32-35H,18-26H2,1-7H3,(H,41,45)(H,42,46);7-15,22-23,26,28-29,34H,16-21H2,1-6H3,(H,35,38);6-15,22-23,26-28,33H,16-21H2,1-5H3,(H,34,37);1H3;;/t32-,33-,34+,35+;26-,28+,29+;26-,27+,28+;;;/m111.../s1. The molecule has 128 heavy (non-hydrogen) atoms. The summed E-state index contributed by atoms with van der Waals surface area (Å²) in [4.78, 5) is 137. The summed E-state index contributed by atoms with van der Waals surface area (Å²) in [7, 11) is 2.13. The minimum absolute atomic E-state index is 0.00286. The van der Waals surface area contributed by atoms with E-state index >= 15 is 0 Å². The van der Waals surface area contributed by atoms with E-state index in [0.29, 0.717) is 77.3 Å². The van der Waals surface area contributed by atoms with Crippen molar-refractivity contribution in [3.63, 3.8) is 0 Å². The largest absolute Gasteiger partial charge is 0.497 e. The number of hydrogen-bond acceptors (Lipinski definition) is 13. The molecule has 0 bridgehead atoms.